The second-order valence-electron chi connectivity index (χ2n) is 5.07. The number of para-hydroxylation sites is 1. The minimum Gasteiger partial charge on any atom is -0.442 e. The summed E-state index contributed by atoms with van der Waals surface area (Å²) in [5, 5.41) is 12.8. The molecule has 2 aliphatic rings. The Morgan fingerprint density at radius 1 is 1.42 bits per heavy atom. The summed E-state index contributed by atoms with van der Waals surface area (Å²) in [4.78, 5) is 13.3. The normalized spacial score (nSPS) is 26.4. The van der Waals surface area contributed by atoms with Gasteiger partial charge in [0.2, 0.25) is 0 Å². The fourth-order valence-corrected chi connectivity index (χ4v) is 2.78. The fourth-order valence-electron chi connectivity index (χ4n) is 2.78. The van der Waals surface area contributed by atoms with Crippen molar-refractivity contribution < 1.29 is 14.6 Å². The zero-order valence-corrected chi connectivity index (χ0v) is 10.7. The number of alkyl carbamates (subject to hydrolysis) is 1. The fraction of sp³-hybridized carbons (Fsp3) is 0.500. The number of aliphatic hydroxyl groups excluding tert-OH is 1. The van der Waals surface area contributed by atoms with Crippen molar-refractivity contribution in [1.82, 2.24) is 5.32 Å². The third kappa shape index (κ3) is 2.51. The lowest BCUT2D eigenvalue weighted by molar-refractivity contribution is 0.142. The van der Waals surface area contributed by atoms with E-state index in [4.69, 9.17) is 4.74 Å². The van der Waals surface area contributed by atoms with Crippen LogP contribution in [0.3, 0.4) is 0 Å². The summed E-state index contributed by atoms with van der Waals surface area (Å²) in [5.74, 6) is 0. The van der Waals surface area contributed by atoms with E-state index in [1.165, 1.54) is 0 Å². The van der Waals surface area contributed by atoms with Crippen LogP contribution in [-0.4, -0.2) is 36.9 Å². The maximum absolute atomic E-state index is 11.1. The molecule has 0 bridgehead atoms. The molecule has 1 aromatic rings. The van der Waals surface area contributed by atoms with Crippen LogP contribution in [0.4, 0.5) is 10.5 Å². The van der Waals surface area contributed by atoms with Gasteiger partial charge in [0.1, 0.15) is 6.10 Å². The van der Waals surface area contributed by atoms with E-state index in [2.05, 4.69) is 10.2 Å². The zero-order chi connectivity index (χ0) is 13.2. The van der Waals surface area contributed by atoms with Crippen molar-refractivity contribution in [3.63, 3.8) is 0 Å². The van der Waals surface area contributed by atoms with Crippen molar-refractivity contribution in [1.29, 1.82) is 0 Å². The molecule has 1 saturated heterocycles. The monoisotopic (exact) mass is 262 g/mol. The highest BCUT2D eigenvalue weighted by atomic mass is 16.6. The van der Waals surface area contributed by atoms with Gasteiger partial charge in [-0.05, 0) is 18.9 Å². The lowest BCUT2D eigenvalue weighted by Gasteiger charge is -2.27. The predicted octanol–water partition coefficient (Wildman–Crippen LogP) is 1.43. The van der Waals surface area contributed by atoms with Crippen LogP contribution in [0.15, 0.2) is 24.3 Å². The van der Waals surface area contributed by atoms with Gasteiger partial charge in [-0.3, -0.25) is 0 Å². The number of rotatable bonds is 2. The van der Waals surface area contributed by atoms with Crippen LogP contribution in [0.5, 0.6) is 0 Å². The Bertz CT molecular complexity index is 478. The molecule has 5 nitrogen and oxygen atoms in total. The van der Waals surface area contributed by atoms with E-state index in [0.29, 0.717) is 13.1 Å². The number of cyclic esters (lactones) is 1. The Hall–Kier alpha value is -1.75. The highest BCUT2D eigenvalue weighted by molar-refractivity contribution is 5.69. The SMILES string of the molecule is O=C1NCC(CN2CCCC(O)c3ccccc32)O1. The summed E-state index contributed by atoms with van der Waals surface area (Å²) in [7, 11) is 0. The number of hydrogen-bond donors (Lipinski definition) is 2. The van der Waals surface area contributed by atoms with Gasteiger partial charge in [-0.2, -0.15) is 0 Å². The quantitative estimate of drug-likeness (QED) is 0.846. The minimum absolute atomic E-state index is 0.115. The van der Waals surface area contributed by atoms with E-state index in [9.17, 15) is 9.90 Å². The summed E-state index contributed by atoms with van der Waals surface area (Å²) < 4.78 is 5.19. The molecule has 2 atom stereocenters. The van der Waals surface area contributed by atoms with Crippen LogP contribution in [-0.2, 0) is 4.74 Å². The maximum Gasteiger partial charge on any atom is 0.407 e. The Kier molecular flexibility index (Phi) is 3.29. The lowest BCUT2D eigenvalue weighted by Crippen LogP contribution is -2.35. The van der Waals surface area contributed by atoms with Crippen LogP contribution >= 0.6 is 0 Å². The zero-order valence-electron chi connectivity index (χ0n) is 10.7. The lowest BCUT2D eigenvalue weighted by atomic mass is 10.0. The molecule has 1 fully saturated rings. The van der Waals surface area contributed by atoms with Gasteiger partial charge in [0.15, 0.2) is 0 Å². The Morgan fingerprint density at radius 3 is 3.05 bits per heavy atom. The molecule has 19 heavy (non-hydrogen) atoms. The molecule has 0 aromatic heterocycles. The largest absolute Gasteiger partial charge is 0.442 e. The topological polar surface area (TPSA) is 61.8 Å². The van der Waals surface area contributed by atoms with Crippen molar-refractivity contribution in [2.45, 2.75) is 25.0 Å². The van der Waals surface area contributed by atoms with Crippen LogP contribution in [0.1, 0.15) is 24.5 Å². The third-order valence-corrected chi connectivity index (χ3v) is 3.71. The minimum atomic E-state index is -0.398. The van der Waals surface area contributed by atoms with Crippen molar-refractivity contribution in [3.05, 3.63) is 29.8 Å². The molecule has 0 saturated carbocycles. The number of carbonyl (C=O) groups is 1. The smallest absolute Gasteiger partial charge is 0.407 e. The van der Waals surface area contributed by atoms with E-state index in [0.717, 1.165) is 30.6 Å². The van der Waals surface area contributed by atoms with E-state index in [1.54, 1.807) is 0 Å². The molecular formula is C14H18N2O3. The second kappa shape index (κ2) is 5.09. The van der Waals surface area contributed by atoms with Crippen molar-refractivity contribution >= 4 is 11.8 Å². The summed E-state index contributed by atoms with van der Waals surface area (Å²) in [6, 6.07) is 7.91. The summed E-state index contributed by atoms with van der Waals surface area (Å²) in [5.41, 5.74) is 2.02. The molecule has 2 N–H and O–H groups in total. The second-order valence-corrected chi connectivity index (χ2v) is 5.07. The number of nitrogens with zero attached hydrogens (tertiary/aromatic N) is 1. The summed E-state index contributed by atoms with van der Waals surface area (Å²) in [6.07, 6.45) is 0.856. The van der Waals surface area contributed by atoms with Crippen LogP contribution < -0.4 is 10.2 Å². The van der Waals surface area contributed by atoms with E-state index in [1.807, 2.05) is 24.3 Å². The maximum atomic E-state index is 11.1. The number of ether oxygens (including phenoxy) is 1. The highest BCUT2D eigenvalue weighted by Gasteiger charge is 2.27. The first-order valence-corrected chi connectivity index (χ1v) is 6.70. The van der Waals surface area contributed by atoms with E-state index >= 15 is 0 Å². The number of nitrogens with one attached hydrogen (secondary N) is 1. The molecule has 1 amide bonds. The van der Waals surface area contributed by atoms with Gasteiger partial charge >= 0.3 is 6.09 Å². The summed E-state index contributed by atoms with van der Waals surface area (Å²) in [6.45, 7) is 2.10. The van der Waals surface area contributed by atoms with Gasteiger partial charge in [-0.25, -0.2) is 4.79 Å². The third-order valence-electron chi connectivity index (χ3n) is 3.71. The highest BCUT2D eigenvalue weighted by Crippen LogP contribution is 2.32. The van der Waals surface area contributed by atoms with Gasteiger partial charge in [0.25, 0.3) is 0 Å². The average Bonchev–Trinajstić information content (AvgIpc) is 2.75. The number of benzene rings is 1. The number of anilines is 1. The van der Waals surface area contributed by atoms with Gasteiger partial charge < -0.3 is 20.1 Å². The van der Waals surface area contributed by atoms with E-state index in [-0.39, 0.29) is 12.2 Å². The molecule has 0 radical (unpaired) electrons. The molecule has 2 unspecified atom stereocenters. The van der Waals surface area contributed by atoms with Gasteiger partial charge in [-0.1, -0.05) is 18.2 Å². The molecule has 0 spiro atoms. The van der Waals surface area contributed by atoms with Crippen molar-refractivity contribution in [2.75, 3.05) is 24.5 Å². The molecule has 102 valence electrons. The predicted molar refractivity (Wildman–Crippen MR) is 71.1 cm³/mol. The molecular weight excluding hydrogens is 244 g/mol. The molecule has 2 aliphatic heterocycles. The molecule has 3 rings (SSSR count). The Balaban J connectivity index is 1.81. The standard InChI is InChI=1S/C14H18N2O3/c17-13-6-3-7-16(9-10-8-15-14(18)19-10)12-5-2-1-4-11(12)13/h1-2,4-5,10,13,17H,3,6-9H2,(H,15,18). The molecule has 5 heteroatoms. The Morgan fingerprint density at radius 2 is 2.26 bits per heavy atom. The number of amides is 1. The van der Waals surface area contributed by atoms with Crippen LogP contribution in [0.2, 0.25) is 0 Å². The van der Waals surface area contributed by atoms with Gasteiger partial charge in [0.05, 0.1) is 19.2 Å². The van der Waals surface area contributed by atoms with Crippen molar-refractivity contribution in [3.8, 4) is 0 Å². The first-order chi connectivity index (χ1) is 9.24. The van der Waals surface area contributed by atoms with Crippen molar-refractivity contribution in [2.24, 2.45) is 0 Å². The van der Waals surface area contributed by atoms with Crippen LogP contribution in [0, 0.1) is 0 Å². The van der Waals surface area contributed by atoms with Gasteiger partial charge in [0, 0.05) is 17.8 Å². The first-order valence-electron chi connectivity index (χ1n) is 6.70. The molecule has 2 heterocycles. The average molecular weight is 262 g/mol. The Labute approximate surface area is 112 Å². The number of hydrogen-bond acceptors (Lipinski definition) is 4. The molecule has 1 aromatic carbocycles. The number of aliphatic hydroxyl groups is 1. The van der Waals surface area contributed by atoms with Gasteiger partial charge in [-0.15, -0.1) is 0 Å². The van der Waals surface area contributed by atoms with E-state index < -0.39 is 6.10 Å². The number of carbonyl (C=O) groups excluding carboxylic acids is 1. The first kappa shape index (κ1) is 12.3. The number of fused-ring (bicyclic) bond motifs is 1. The summed E-state index contributed by atoms with van der Waals surface area (Å²) >= 11 is 0. The van der Waals surface area contributed by atoms with Crippen LogP contribution in [0.25, 0.3) is 0 Å². The molecule has 0 aliphatic carbocycles.